The highest BCUT2D eigenvalue weighted by Gasteiger charge is 2.34. The number of anilines is 1. The van der Waals surface area contributed by atoms with Crippen LogP contribution in [0.5, 0.6) is 0 Å². The van der Waals surface area contributed by atoms with Crippen LogP contribution in [0.15, 0.2) is 71.5 Å². The van der Waals surface area contributed by atoms with Crippen molar-refractivity contribution in [3.63, 3.8) is 0 Å². The first-order valence-electron chi connectivity index (χ1n) is 13.7. The fourth-order valence-corrected chi connectivity index (χ4v) is 5.28. The standard InChI is InChI=1S/C30H35N5O6/c1-21(2)22-11-12-23(30(37)26(19-22)31-13-18-36)20-32-14-16-33(17-15-32)29(24-7-3-5-9-27(24)34(38)39)25-8-4-6-10-28(25)35(40)41/h3-12,19,21,29,36H,13-18,20H2,1-2H3,(H,31,37). The Hall–Kier alpha value is -4.19. The van der Waals surface area contributed by atoms with E-state index in [1.807, 2.05) is 23.1 Å². The van der Waals surface area contributed by atoms with Gasteiger partial charge in [-0.3, -0.25) is 34.8 Å². The molecule has 216 valence electrons. The molecule has 0 amide bonds. The van der Waals surface area contributed by atoms with Crippen LogP contribution in [0.25, 0.3) is 0 Å². The number of para-hydroxylation sites is 2. The van der Waals surface area contributed by atoms with E-state index in [1.54, 1.807) is 36.4 Å². The highest BCUT2D eigenvalue weighted by atomic mass is 16.6. The zero-order chi connectivity index (χ0) is 29.5. The maximum Gasteiger partial charge on any atom is 0.274 e. The fraction of sp³-hybridized carbons (Fsp3) is 0.367. The number of rotatable bonds is 11. The molecule has 0 radical (unpaired) electrons. The predicted molar refractivity (Wildman–Crippen MR) is 157 cm³/mol. The Kier molecular flexibility index (Phi) is 9.77. The van der Waals surface area contributed by atoms with Crippen LogP contribution >= 0.6 is 0 Å². The van der Waals surface area contributed by atoms with Gasteiger partial charge in [-0.25, -0.2) is 0 Å². The van der Waals surface area contributed by atoms with Gasteiger partial charge in [0, 0.05) is 57.0 Å². The molecule has 0 atom stereocenters. The van der Waals surface area contributed by atoms with Gasteiger partial charge < -0.3 is 10.4 Å². The number of aliphatic hydroxyl groups excluding tert-OH is 1. The van der Waals surface area contributed by atoms with Gasteiger partial charge in [-0.2, -0.15) is 0 Å². The van der Waals surface area contributed by atoms with Crippen LogP contribution < -0.4 is 10.7 Å². The molecule has 4 rings (SSSR count). The second-order valence-corrected chi connectivity index (χ2v) is 10.4. The summed E-state index contributed by atoms with van der Waals surface area (Å²) in [7, 11) is 0. The molecule has 0 unspecified atom stereocenters. The molecule has 0 spiro atoms. The third-order valence-corrected chi connectivity index (χ3v) is 7.44. The average molecular weight is 562 g/mol. The minimum Gasteiger partial charge on any atom is -0.395 e. The molecule has 1 heterocycles. The Morgan fingerprint density at radius 3 is 1.95 bits per heavy atom. The minimum absolute atomic E-state index is 0.0882. The van der Waals surface area contributed by atoms with E-state index in [-0.39, 0.29) is 35.9 Å². The number of piperazine rings is 1. The van der Waals surface area contributed by atoms with Gasteiger partial charge >= 0.3 is 0 Å². The normalized spacial score (nSPS) is 14.4. The molecule has 0 aromatic heterocycles. The van der Waals surface area contributed by atoms with Gasteiger partial charge in [-0.05, 0) is 17.5 Å². The molecule has 11 nitrogen and oxygen atoms in total. The van der Waals surface area contributed by atoms with Gasteiger partial charge in [0.1, 0.15) is 0 Å². The first kappa shape index (κ1) is 29.8. The summed E-state index contributed by atoms with van der Waals surface area (Å²) in [5.41, 5.74) is 2.59. The summed E-state index contributed by atoms with van der Waals surface area (Å²) >= 11 is 0. The van der Waals surface area contributed by atoms with Crippen molar-refractivity contribution in [1.82, 2.24) is 9.80 Å². The van der Waals surface area contributed by atoms with Crippen LogP contribution in [0.3, 0.4) is 0 Å². The van der Waals surface area contributed by atoms with Crippen molar-refractivity contribution in [2.24, 2.45) is 0 Å². The van der Waals surface area contributed by atoms with Gasteiger partial charge in [-0.1, -0.05) is 62.4 Å². The van der Waals surface area contributed by atoms with E-state index in [2.05, 4.69) is 24.1 Å². The molecule has 1 fully saturated rings. The Bertz CT molecular complexity index is 1400. The van der Waals surface area contributed by atoms with Crippen LogP contribution in [-0.2, 0) is 6.54 Å². The van der Waals surface area contributed by atoms with Gasteiger partial charge in [0.25, 0.3) is 11.4 Å². The molecule has 0 aliphatic carbocycles. The van der Waals surface area contributed by atoms with Crippen molar-refractivity contribution >= 4 is 17.1 Å². The van der Waals surface area contributed by atoms with Crippen LogP contribution in [0.1, 0.15) is 48.1 Å². The summed E-state index contributed by atoms with van der Waals surface area (Å²) in [4.78, 5) is 40.5. The molecule has 41 heavy (non-hydrogen) atoms. The quantitative estimate of drug-likeness (QED) is 0.259. The van der Waals surface area contributed by atoms with E-state index in [0.717, 1.165) is 5.56 Å². The lowest BCUT2D eigenvalue weighted by Gasteiger charge is -2.39. The van der Waals surface area contributed by atoms with E-state index in [0.29, 0.717) is 55.1 Å². The number of nitrogens with zero attached hydrogens (tertiary/aromatic N) is 4. The summed E-state index contributed by atoms with van der Waals surface area (Å²) in [5.74, 6) is 0.217. The zero-order valence-corrected chi connectivity index (χ0v) is 23.2. The fourth-order valence-electron chi connectivity index (χ4n) is 5.28. The van der Waals surface area contributed by atoms with Gasteiger partial charge in [0.2, 0.25) is 5.43 Å². The molecule has 2 N–H and O–H groups in total. The van der Waals surface area contributed by atoms with E-state index in [9.17, 15) is 30.1 Å². The van der Waals surface area contributed by atoms with Crippen LogP contribution in [0, 0.1) is 20.2 Å². The third-order valence-electron chi connectivity index (χ3n) is 7.44. The van der Waals surface area contributed by atoms with E-state index in [1.165, 1.54) is 12.1 Å². The molecule has 0 saturated carbocycles. The molecule has 3 aromatic carbocycles. The minimum atomic E-state index is -0.687. The number of benzene rings is 2. The summed E-state index contributed by atoms with van der Waals surface area (Å²) in [6, 6.07) is 17.7. The van der Waals surface area contributed by atoms with E-state index < -0.39 is 15.9 Å². The van der Waals surface area contributed by atoms with E-state index in [4.69, 9.17) is 0 Å². The molecule has 1 aliphatic rings. The molecule has 0 bridgehead atoms. The molecule has 1 aliphatic heterocycles. The molecule has 1 saturated heterocycles. The molecular weight excluding hydrogens is 526 g/mol. The lowest BCUT2D eigenvalue weighted by molar-refractivity contribution is -0.387. The number of hydrogen-bond acceptors (Lipinski definition) is 9. The highest BCUT2D eigenvalue weighted by Crippen LogP contribution is 2.39. The van der Waals surface area contributed by atoms with Crippen molar-refractivity contribution in [2.75, 3.05) is 44.6 Å². The van der Waals surface area contributed by atoms with Gasteiger partial charge in [-0.15, -0.1) is 0 Å². The largest absolute Gasteiger partial charge is 0.395 e. The number of nitro benzene ring substituents is 2. The maximum absolute atomic E-state index is 13.4. The number of nitrogens with one attached hydrogen (secondary N) is 1. The summed E-state index contributed by atoms with van der Waals surface area (Å²) in [5, 5.41) is 36.2. The number of aliphatic hydroxyl groups is 1. The highest BCUT2D eigenvalue weighted by molar-refractivity contribution is 5.52. The summed E-state index contributed by atoms with van der Waals surface area (Å²) < 4.78 is 0. The number of hydrogen-bond donors (Lipinski definition) is 2. The van der Waals surface area contributed by atoms with Crippen molar-refractivity contribution in [3.8, 4) is 0 Å². The Balaban J connectivity index is 1.63. The van der Waals surface area contributed by atoms with Crippen molar-refractivity contribution < 1.29 is 15.0 Å². The lowest BCUT2D eigenvalue weighted by atomic mass is 9.93. The first-order valence-corrected chi connectivity index (χ1v) is 13.7. The smallest absolute Gasteiger partial charge is 0.274 e. The second kappa shape index (κ2) is 13.4. The lowest BCUT2D eigenvalue weighted by Crippen LogP contribution is -2.48. The van der Waals surface area contributed by atoms with E-state index >= 15 is 0 Å². The Labute approximate surface area is 238 Å². The molecular formula is C30H35N5O6. The van der Waals surface area contributed by atoms with Crippen LogP contribution in [0.2, 0.25) is 0 Å². The molecule has 3 aromatic rings. The first-order chi connectivity index (χ1) is 19.7. The molecule has 11 heteroatoms. The van der Waals surface area contributed by atoms with Crippen LogP contribution in [-0.4, -0.2) is 64.1 Å². The summed E-state index contributed by atoms with van der Waals surface area (Å²) in [6.45, 7) is 6.80. The SMILES string of the molecule is CC(C)c1ccc(CN2CCN(C(c3ccccc3[N+](=O)[O-])c3ccccc3[N+](=O)[O-])CC2)c(=O)c(NCCO)c1. The van der Waals surface area contributed by atoms with Gasteiger partial charge in [0.05, 0.1) is 39.3 Å². The number of nitro groups is 2. The second-order valence-electron chi connectivity index (χ2n) is 10.4. The van der Waals surface area contributed by atoms with Crippen molar-refractivity contribution in [3.05, 3.63) is 119 Å². The zero-order valence-electron chi connectivity index (χ0n) is 23.2. The third kappa shape index (κ3) is 6.94. The van der Waals surface area contributed by atoms with Crippen LogP contribution in [0.4, 0.5) is 17.1 Å². The average Bonchev–Trinajstić information content (AvgIpc) is 3.12. The maximum atomic E-state index is 13.4. The monoisotopic (exact) mass is 561 g/mol. The topological polar surface area (TPSA) is 142 Å². The van der Waals surface area contributed by atoms with Gasteiger partial charge in [0.15, 0.2) is 0 Å². The van der Waals surface area contributed by atoms with Crippen molar-refractivity contribution in [1.29, 1.82) is 0 Å². The summed E-state index contributed by atoms with van der Waals surface area (Å²) in [6.07, 6.45) is 0. The Morgan fingerprint density at radius 1 is 0.878 bits per heavy atom. The van der Waals surface area contributed by atoms with Crippen molar-refractivity contribution in [2.45, 2.75) is 32.4 Å². The Morgan fingerprint density at radius 2 is 1.44 bits per heavy atom. The predicted octanol–water partition coefficient (Wildman–Crippen LogP) is 4.30.